The molecule has 29 heavy (non-hydrogen) atoms. The van der Waals surface area contributed by atoms with Gasteiger partial charge in [-0.05, 0) is 48.6 Å². The number of aromatic nitrogens is 2. The van der Waals surface area contributed by atoms with Gasteiger partial charge in [-0.2, -0.15) is 18.3 Å². The average Bonchev–Trinajstić information content (AvgIpc) is 3.15. The highest BCUT2D eigenvalue weighted by atomic mass is 35.5. The third-order valence-corrected chi connectivity index (χ3v) is 5.32. The lowest BCUT2D eigenvalue weighted by molar-refractivity contribution is -0.143. The number of thioether (sulfide) groups is 1. The molecule has 0 aliphatic rings. The zero-order chi connectivity index (χ0) is 20.9. The predicted octanol–water partition coefficient (Wildman–Crippen LogP) is 5.46. The molecule has 3 rings (SSSR count). The Morgan fingerprint density at radius 2 is 1.79 bits per heavy atom. The fourth-order valence-electron chi connectivity index (χ4n) is 2.64. The van der Waals surface area contributed by atoms with Gasteiger partial charge in [0.1, 0.15) is 0 Å². The first-order valence-electron chi connectivity index (χ1n) is 8.73. The van der Waals surface area contributed by atoms with Crippen LogP contribution in [0.2, 0.25) is 5.02 Å². The number of carbonyl (C=O) groups excluding carboxylic acids is 1. The minimum absolute atomic E-state index is 0.167. The number of alkyl halides is 3. The summed E-state index contributed by atoms with van der Waals surface area (Å²) in [7, 11) is 0. The topological polar surface area (TPSA) is 46.9 Å². The molecule has 0 fully saturated rings. The standard InChI is InChI=1S/C20H17ClF3N3OS/c21-14-7-9-15(10-8-14)27-18(20(22,23)24)17(13-26-27)19(28)25-11-4-12-29-16-5-2-1-3-6-16/h1-3,5-10,13H,4,11-12H2,(H,25,28). The number of carbonyl (C=O) groups is 1. The van der Waals surface area contributed by atoms with E-state index < -0.39 is 23.3 Å². The van der Waals surface area contributed by atoms with Gasteiger partial charge in [-0.15, -0.1) is 11.8 Å². The second kappa shape index (κ2) is 9.37. The van der Waals surface area contributed by atoms with Gasteiger partial charge < -0.3 is 5.32 Å². The molecule has 0 spiro atoms. The molecule has 0 unspecified atom stereocenters. The highest BCUT2D eigenvalue weighted by Crippen LogP contribution is 2.33. The van der Waals surface area contributed by atoms with E-state index in [1.54, 1.807) is 11.8 Å². The first-order chi connectivity index (χ1) is 13.9. The van der Waals surface area contributed by atoms with Crippen molar-refractivity contribution in [3.63, 3.8) is 0 Å². The first kappa shape index (κ1) is 21.3. The highest BCUT2D eigenvalue weighted by Gasteiger charge is 2.40. The van der Waals surface area contributed by atoms with E-state index >= 15 is 0 Å². The normalized spacial score (nSPS) is 11.4. The molecule has 3 aromatic rings. The summed E-state index contributed by atoms with van der Waals surface area (Å²) in [6.07, 6.45) is -3.19. The van der Waals surface area contributed by atoms with E-state index in [2.05, 4.69) is 10.4 Å². The fraction of sp³-hybridized carbons (Fsp3) is 0.200. The maximum absolute atomic E-state index is 13.6. The van der Waals surface area contributed by atoms with Gasteiger partial charge in [0, 0.05) is 16.5 Å². The Bertz CT molecular complexity index is 959. The molecule has 0 radical (unpaired) electrons. The fourth-order valence-corrected chi connectivity index (χ4v) is 3.64. The lowest BCUT2D eigenvalue weighted by Crippen LogP contribution is -2.27. The number of nitrogens with zero attached hydrogens (tertiary/aromatic N) is 2. The molecule has 9 heteroatoms. The monoisotopic (exact) mass is 439 g/mol. The average molecular weight is 440 g/mol. The van der Waals surface area contributed by atoms with Gasteiger partial charge in [-0.25, -0.2) is 4.68 Å². The van der Waals surface area contributed by atoms with Crippen LogP contribution in [-0.4, -0.2) is 28.0 Å². The van der Waals surface area contributed by atoms with Crippen molar-refractivity contribution in [3.8, 4) is 5.69 Å². The highest BCUT2D eigenvalue weighted by molar-refractivity contribution is 7.99. The zero-order valence-electron chi connectivity index (χ0n) is 15.1. The Morgan fingerprint density at radius 1 is 1.10 bits per heavy atom. The summed E-state index contributed by atoms with van der Waals surface area (Å²) < 4.78 is 41.6. The largest absolute Gasteiger partial charge is 0.434 e. The van der Waals surface area contributed by atoms with Crippen molar-refractivity contribution in [2.24, 2.45) is 0 Å². The van der Waals surface area contributed by atoms with Gasteiger partial charge in [0.15, 0.2) is 5.69 Å². The van der Waals surface area contributed by atoms with Crippen molar-refractivity contribution in [1.29, 1.82) is 0 Å². The van der Waals surface area contributed by atoms with Crippen LogP contribution in [0.4, 0.5) is 13.2 Å². The molecule has 1 aromatic heterocycles. The molecule has 0 saturated heterocycles. The van der Waals surface area contributed by atoms with Crippen molar-refractivity contribution < 1.29 is 18.0 Å². The van der Waals surface area contributed by atoms with E-state index in [0.717, 1.165) is 16.8 Å². The van der Waals surface area contributed by atoms with Crippen molar-refractivity contribution in [2.45, 2.75) is 17.5 Å². The zero-order valence-corrected chi connectivity index (χ0v) is 16.7. The summed E-state index contributed by atoms with van der Waals surface area (Å²) >= 11 is 7.41. The Kier molecular flexibility index (Phi) is 6.87. The second-order valence-corrected chi connectivity index (χ2v) is 7.67. The predicted molar refractivity (Wildman–Crippen MR) is 108 cm³/mol. The molecule has 0 saturated carbocycles. The number of amides is 1. The van der Waals surface area contributed by atoms with Gasteiger partial charge in [0.25, 0.3) is 5.91 Å². The quantitative estimate of drug-likeness (QED) is 0.393. The van der Waals surface area contributed by atoms with Gasteiger partial charge in [-0.1, -0.05) is 29.8 Å². The van der Waals surface area contributed by atoms with Crippen molar-refractivity contribution in [2.75, 3.05) is 12.3 Å². The molecule has 1 N–H and O–H groups in total. The number of halogens is 4. The van der Waals surface area contributed by atoms with E-state index in [0.29, 0.717) is 16.1 Å². The van der Waals surface area contributed by atoms with Crippen molar-refractivity contribution in [3.05, 3.63) is 77.1 Å². The van der Waals surface area contributed by atoms with Crippen LogP contribution in [0.3, 0.4) is 0 Å². The van der Waals surface area contributed by atoms with E-state index in [1.807, 2.05) is 30.3 Å². The molecule has 0 aliphatic heterocycles. The van der Waals surface area contributed by atoms with Gasteiger partial charge in [0.2, 0.25) is 0 Å². The summed E-state index contributed by atoms with van der Waals surface area (Å²) in [6, 6.07) is 15.5. The molecule has 4 nitrogen and oxygen atoms in total. The maximum Gasteiger partial charge on any atom is 0.434 e. The smallest absolute Gasteiger partial charge is 0.352 e. The minimum atomic E-state index is -4.74. The molecule has 0 aliphatic carbocycles. The Labute approximate surface area is 175 Å². The van der Waals surface area contributed by atoms with Crippen LogP contribution >= 0.6 is 23.4 Å². The molecule has 152 valence electrons. The van der Waals surface area contributed by atoms with E-state index in [9.17, 15) is 18.0 Å². The summed E-state index contributed by atoms with van der Waals surface area (Å²) in [4.78, 5) is 13.5. The number of nitrogens with one attached hydrogen (secondary N) is 1. The van der Waals surface area contributed by atoms with E-state index in [4.69, 9.17) is 11.6 Å². The third kappa shape index (κ3) is 5.55. The third-order valence-electron chi connectivity index (χ3n) is 3.97. The van der Waals surface area contributed by atoms with Crippen LogP contribution in [0, 0.1) is 0 Å². The summed E-state index contributed by atoms with van der Waals surface area (Å²) in [6.45, 7) is 0.266. The van der Waals surface area contributed by atoms with E-state index in [1.165, 1.54) is 24.3 Å². The second-order valence-electron chi connectivity index (χ2n) is 6.06. The molecule has 0 atom stereocenters. The van der Waals surface area contributed by atoms with Crippen LogP contribution in [-0.2, 0) is 6.18 Å². The molecule has 0 bridgehead atoms. The Hall–Kier alpha value is -2.45. The molecule has 1 amide bonds. The van der Waals surface area contributed by atoms with Crippen molar-refractivity contribution >= 4 is 29.3 Å². The molecular weight excluding hydrogens is 423 g/mol. The summed E-state index contributed by atoms with van der Waals surface area (Å²) in [5.74, 6) is -0.0669. The summed E-state index contributed by atoms with van der Waals surface area (Å²) in [5, 5.41) is 6.71. The van der Waals surface area contributed by atoms with Gasteiger partial charge >= 0.3 is 6.18 Å². The van der Waals surface area contributed by atoms with Crippen LogP contribution < -0.4 is 5.32 Å². The lowest BCUT2D eigenvalue weighted by Gasteiger charge is -2.13. The number of hydrogen-bond donors (Lipinski definition) is 1. The molecule has 2 aromatic carbocycles. The van der Waals surface area contributed by atoms with Crippen molar-refractivity contribution in [1.82, 2.24) is 15.1 Å². The van der Waals surface area contributed by atoms with Crippen LogP contribution in [0.25, 0.3) is 5.69 Å². The van der Waals surface area contributed by atoms with Crippen LogP contribution in [0.1, 0.15) is 22.5 Å². The van der Waals surface area contributed by atoms with Gasteiger partial charge in [0.05, 0.1) is 17.4 Å². The Morgan fingerprint density at radius 3 is 2.45 bits per heavy atom. The number of benzene rings is 2. The van der Waals surface area contributed by atoms with E-state index in [-0.39, 0.29) is 12.2 Å². The number of rotatable bonds is 7. The van der Waals surface area contributed by atoms with Gasteiger partial charge in [-0.3, -0.25) is 4.79 Å². The van der Waals surface area contributed by atoms with Crippen LogP contribution in [0.15, 0.2) is 65.7 Å². The number of hydrogen-bond acceptors (Lipinski definition) is 3. The van der Waals surface area contributed by atoms with Crippen LogP contribution in [0.5, 0.6) is 0 Å². The summed E-state index contributed by atoms with van der Waals surface area (Å²) in [5.41, 5.74) is -1.46. The molecular formula is C20H17ClF3N3OS. The molecule has 1 heterocycles. The maximum atomic E-state index is 13.6. The minimum Gasteiger partial charge on any atom is -0.352 e. The SMILES string of the molecule is O=C(NCCCSc1ccccc1)c1cnn(-c2ccc(Cl)cc2)c1C(F)(F)F. The lowest BCUT2D eigenvalue weighted by atomic mass is 10.2. The Balaban J connectivity index is 1.66. The first-order valence-corrected chi connectivity index (χ1v) is 10.1.